The van der Waals surface area contributed by atoms with Crippen LogP contribution in [-0.4, -0.2) is 93.3 Å². The molecular formula is C37H46F4N6O5. The van der Waals surface area contributed by atoms with Crippen molar-refractivity contribution in [1.82, 2.24) is 25.2 Å². The number of halogens is 4. The Morgan fingerprint density at radius 1 is 1.04 bits per heavy atom. The van der Waals surface area contributed by atoms with E-state index >= 15 is 8.78 Å². The van der Waals surface area contributed by atoms with Crippen LogP contribution in [0.15, 0.2) is 18.5 Å². The molecule has 4 unspecified atom stereocenters. The van der Waals surface area contributed by atoms with E-state index in [1.165, 1.54) is 0 Å². The van der Waals surface area contributed by atoms with Crippen molar-refractivity contribution in [2.75, 3.05) is 37.7 Å². The van der Waals surface area contributed by atoms with Gasteiger partial charge in [-0.15, -0.1) is 0 Å². The van der Waals surface area contributed by atoms with Crippen molar-refractivity contribution in [2.45, 2.75) is 113 Å². The molecule has 0 aromatic carbocycles. The smallest absolute Gasteiger partial charge is 0.329 e. The van der Waals surface area contributed by atoms with E-state index in [0.717, 1.165) is 43.9 Å². The maximum atomic E-state index is 15.3. The van der Waals surface area contributed by atoms with Crippen LogP contribution in [0.1, 0.15) is 99.7 Å². The molecule has 5 fully saturated rings. The third-order valence-corrected chi connectivity index (χ3v) is 12.7. The average molecular weight is 731 g/mol. The molecule has 8 rings (SSSR count). The van der Waals surface area contributed by atoms with Crippen LogP contribution in [-0.2, 0) is 20.9 Å². The molecule has 6 aliphatic rings. The average Bonchev–Trinajstić information content (AvgIpc) is 3.53. The summed E-state index contributed by atoms with van der Waals surface area (Å²) in [5, 5.41) is 13.0. The number of anilines is 2. The minimum atomic E-state index is -3.54. The number of carbonyl (C=O) groups is 2. The number of hydrogen-bond donors (Lipinski definition) is 2. The van der Waals surface area contributed by atoms with Crippen molar-refractivity contribution >= 4 is 23.5 Å². The highest BCUT2D eigenvalue weighted by Gasteiger charge is 2.57. The summed E-state index contributed by atoms with van der Waals surface area (Å²) in [4.78, 5) is 43.4. The van der Waals surface area contributed by atoms with E-state index in [9.17, 15) is 23.5 Å². The summed E-state index contributed by atoms with van der Waals surface area (Å²) < 4.78 is 69.6. The number of carboxylic acid groups (broad SMARTS) is 1. The molecule has 2 aromatic heterocycles. The van der Waals surface area contributed by atoms with Crippen LogP contribution in [0.4, 0.5) is 29.2 Å². The Labute approximate surface area is 299 Å². The van der Waals surface area contributed by atoms with E-state index in [2.05, 4.69) is 27.2 Å². The second kappa shape index (κ2) is 12.8. The normalized spacial score (nSPS) is 32.3. The number of nitrogens with zero attached hydrogens (tertiary/aromatic N) is 5. The van der Waals surface area contributed by atoms with Crippen LogP contribution in [0.3, 0.4) is 0 Å². The maximum Gasteiger partial charge on any atom is 0.329 e. The SMILES string of the molecule is CC1CC2CC(C1)C(NC(=O)c1cnc(N3CC4(CCOCC4)c4cc(O[C@H]5CC[C@H](N6CC(F)(F)C6)CC5)ncc43)nc1C(C)(F)F)(C(=O)O)C2. The van der Waals surface area contributed by atoms with Gasteiger partial charge in [0.1, 0.15) is 17.3 Å². The molecule has 282 valence electrons. The van der Waals surface area contributed by atoms with E-state index in [1.807, 2.05) is 11.0 Å². The van der Waals surface area contributed by atoms with Gasteiger partial charge < -0.3 is 24.8 Å². The van der Waals surface area contributed by atoms with E-state index in [0.29, 0.717) is 69.9 Å². The molecule has 15 heteroatoms. The monoisotopic (exact) mass is 730 g/mol. The first kappa shape index (κ1) is 35.4. The van der Waals surface area contributed by atoms with Crippen LogP contribution in [0, 0.1) is 17.8 Å². The topological polar surface area (TPSA) is 130 Å². The molecule has 2 N–H and O–H groups in total. The molecular weight excluding hydrogens is 684 g/mol. The highest BCUT2D eigenvalue weighted by molar-refractivity contribution is 5.99. The van der Waals surface area contributed by atoms with Crippen molar-refractivity contribution in [3.63, 3.8) is 0 Å². The number of rotatable bonds is 8. The molecule has 3 saturated carbocycles. The van der Waals surface area contributed by atoms with E-state index in [1.54, 1.807) is 11.1 Å². The molecule has 11 nitrogen and oxygen atoms in total. The largest absolute Gasteiger partial charge is 0.479 e. The molecule has 5 heterocycles. The number of aromatic nitrogens is 3. The summed E-state index contributed by atoms with van der Waals surface area (Å²) in [6.45, 7) is 3.78. The second-order valence-electron chi connectivity index (χ2n) is 16.5. The Morgan fingerprint density at radius 2 is 1.77 bits per heavy atom. The molecule has 1 spiro atoms. The first-order valence-corrected chi connectivity index (χ1v) is 18.6. The Morgan fingerprint density at radius 3 is 2.44 bits per heavy atom. The number of hydrogen-bond acceptors (Lipinski definition) is 9. The van der Waals surface area contributed by atoms with Crippen LogP contribution in [0.25, 0.3) is 0 Å². The van der Waals surface area contributed by atoms with Gasteiger partial charge in [0.15, 0.2) is 0 Å². The Hall–Kier alpha value is -3.59. The van der Waals surface area contributed by atoms with Crippen molar-refractivity contribution in [1.29, 1.82) is 0 Å². The summed E-state index contributed by atoms with van der Waals surface area (Å²) in [6, 6.07) is 2.04. The summed E-state index contributed by atoms with van der Waals surface area (Å²) in [5.74, 6) is -7.60. The van der Waals surface area contributed by atoms with Crippen molar-refractivity contribution in [3.8, 4) is 5.88 Å². The molecule has 4 atom stereocenters. The standard InChI is InChI=1S/C37H46F4N6O5/c1-21-11-22-13-23(12-21)37(15-22,32(49)50)45-31(48)26-16-43-33(44-30(26)34(2,38)39)47-18-35(7-9-51-10-8-35)27-14-29(42-17-28(27)47)52-25-5-3-24(4-6-25)46-19-36(40,41)20-46/h14,16-17,21-25H,3-13,15,18-20H2,1-2H3,(H,45,48)(H,49,50)/t21?,22?,23?,24-,25-,37?. The fraction of sp³-hybridized carbons (Fsp3) is 0.703. The van der Waals surface area contributed by atoms with E-state index in [4.69, 9.17) is 9.47 Å². The number of carbonyl (C=O) groups excluding carboxylic acids is 1. The summed E-state index contributed by atoms with van der Waals surface area (Å²) >= 11 is 0. The predicted octanol–water partition coefficient (Wildman–Crippen LogP) is 5.83. The van der Waals surface area contributed by atoms with Gasteiger partial charge in [0.05, 0.1) is 30.5 Å². The zero-order chi connectivity index (χ0) is 36.6. The van der Waals surface area contributed by atoms with Gasteiger partial charge in [0.25, 0.3) is 17.8 Å². The maximum absolute atomic E-state index is 15.3. The first-order chi connectivity index (χ1) is 24.6. The van der Waals surface area contributed by atoms with Gasteiger partial charge in [-0.05, 0) is 87.5 Å². The molecule has 2 bridgehead atoms. The van der Waals surface area contributed by atoms with E-state index < -0.39 is 45.9 Å². The lowest BCUT2D eigenvalue weighted by molar-refractivity contribution is -0.151. The molecule has 0 radical (unpaired) electrons. The molecule has 2 saturated heterocycles. The summed E-state index contributed by atoms with van der Waals surface area (Å²) in [7, 11) is 0. The highest BCUT2D eigenvalue weighted by Crippen LogP contribution is 2.52. The lowest BCUT2D eigenvalue weighted by Gasteiger charge is -2.46. The van der Waals surface area contributed by atoms with Gasteiger partial charge in [-0.3, -0.25) is 9.69 Å². The Bertz CT molecular complexity index is 1720. The fourth-order valence-corrected chi connectivity index (χ4v) is 10.2. The number of pyridine rings is 1. The van der Waals surface area contributed by atoms with Crippen LogP contribution >= 0.6 is 0 Å². The summed E-state index contributed by atoms with van der Waals surface area (Å²) in [6.07, 6.45) is 9.41. The van der Waals surface area contributed by atoms with E-state index in [-0.39, 0.29) is 49.4 Å². The minimum absolute atomic E-state index is 0.0125. The number of nitrogens with one attached hydrogen (secondary N) is 1. The van der Waals surface area contributed by atoms with Crippen molar-refractivity contribution in [3.05, 3.63) is 35.3 Å². The fourth-order valence-electron chi connectivity index (χ4n) is 10.2. The lowest BCUT2D eigenvalue weighted by Crippen LogP contribution is -2.60. The molecule has 52 heavy (non-hydrogen) atoms. The number of amides is 1. The number of fused-ring (bicyclic) bond motifs is 4. The Kier molecular flexibility index (Phi) is 8.71. The van der Waals surface area contributed by atoms with Crippen molar-refractivity contribution in [2.24, 2.45) is 17.8 Å². The van der Waals surface area contributed by atoms with Crippen LogP contribution < -0.4 is 15.0 Å². The summed E-state index contributed by atoms with van der Waals surface area (Å²) in [5.41, 5.74) is -1.59. The number of likely N-dealkylation sites (tertiary alicyclic amines) is 1. The highest BCUT2D eigenvalue weighted by atomic mass is 19.3. The number of carboxylic acids is 1. The van der Waals surface area contributed by atoms with Gasteiger partial charge in [-0.25, -0.2) is 28.5 Å². The zero-order valence-corrected chi connectivity index (χ0v) is 29.6. The lowest BCUT2D eigenvalue weighted by atomic mass is 9.76. The minimum Gasteiger partial charge on any atom is -0.479 e. The van der Waals surface area contributed by atoms with Crippen molar-refractivity contribution < 1.29 is 41.7 Å². The van der Waals surface area contributed by atoms with Crippen LogP contribution in [0.2, 0.25) is 0 Å². The predicted molar refractivity (Wildman–Crippen MR) is 180 cm³/mol. The van der Waals surface area contributed by atoms with Gasteiger partial charge in [-0.1, -0.05) is 6.92 Å². The number of aliphatic carboxylic acids is 1. The Balaban J connectivity index is 1.05. The number of ether oxygens (including phenoxy) is 2. The third-order valence-electron chi connectivity index (χ3n) is 12.7. The third kappa shape index (κ3) is 6.28. The second-order valence-corrected chi connectivity index (χ2v) is 16.5. The number of alkyl halides is 4. The van der Waals surface area contributed by atoms with Crippen LogP contribution in [0.5, 0.6) is 5.88 Å². The van der Waals surface area contributed by atoms with Gasteiger partial charge in [0.2, 0.25) is 11.8 Å². The molecule has 3 aliphatic carbocycles. The van der Waals surface area contributed by atoms with Gasteiger partial charge in [-0.2, -0.15) is 8.78 Å². The van der Waals surface area contributed by atoms with Gasteiger partial charge in [0, 0.05) is 50.4 Å². The first-order valence-electron chi connectivity index (χ1n) is 18.6. The molecule has 2 aromatic rings. The zero-order valence-electron chi connectivity index (χ0n) is 29.6. The van der Waals surface area contributed by atoms with Gasteiger partial charge >= 0.3 is 5.97 Å². The molecule has 1 amide bonds. The molecule has 3 aliphatic heterocycles. The quantitative estimate of drug-likeness (QED) is 0.320.